The molecule has 0 saturated carbocycles. The average molecular weight is 241 g/mol. The summed E-state index contributed by atoms with van der Waals surface area (Å²) in [5.74, 6) is -1.40. The average Bonchev–Trinajstić information content (AvgIpc) is 2.03. The molecule has 1 rings (SSSR count). The van der Waals surface area contributed by atoms with E-state index in [0.29, 0.717) is 0 Å². The second-order valence-corrected chi connectivity index (χ2v) is 3.67. The van der Waals surface area contributed by atoms with Gasteiger partial charge in [-0.2, -0.15) is 8.42 Å². The summed E-state index contributed by atoms with van der Waals surface area (Å²) < 4.78 is 29.9. The van der Waals surface area contributed by atoms with Crippen LogP contribution >= 0.6 is 0 Å². The minimum Gasteiger partial charge on any atom is -0.478 e. The first kappa shape index (κ1) is 14.2. The summed E-state index contributed by atoms with van der Waals surface area (Å²) in [6.45, 7) is 0. The molecule has 0 aliphatic heterocycles. The van der Waals surface area contributed by atoms with Gasteiger partial charge in [-0.1, -0.05) is 12.1 Å². The third-order valence-electron chi connectivity index (χ3n) is 1.40. The molecule has 0 fully saturated rings. The van der Waals surface area contributed by atoms with Crippen molar-refractivity contribution >= 4 is 67.5 Å². The van der Waals surface area contributed by atoms with E-state index < -0.39 is 26.5 Å². The van der Waals surface area contributed by atoms with E-state index in [0.717, 1.165) is 12.1 Å². The predicted octanol–water partition coefficient (Wildman–Crippen LogP) is 0.251. The molecule has 0 bridgehead atoms. The summed E-state index contributed by atoms with van der Waals surface area (Å²) in [5, 5.41) is 8.55. The number of carboxylic acids is 1. The van der Waals surface area contributed by atoms with E-state index >= 15 is 0 Å². The summed E-state index contributed by atoms with van der Waals surface area (Å²) in [7, 11) is -4.46. The van der Waals surface area contributed by atoms with Crippen molar-refractivity contribution in [3.05, 3.63) is 29.8 Å². The van der Waals surface area contributed by atoms with Crippen molar-refractivity contribution in [3.8, 4) is 0 Å². The molecule has 0 spiro atoms. The maximum absolute atomic E-state index is 10.7. The maximum Gasteiger partial charge on any atom is 0.337 e. The van der Waals surface area contributed by atoms with Gasteiger partial charge in [0.25, 0.3) is 10.1 Å². The normalized spacial score (nSPS) is 10.4. The molecule has 0 aliphatic rings. The van der Waals surface area contributed by atoms with Gasteiger partial charge in [-0.15, -0.1) is 0 Å². The molecule has 5 nitrogen and oxygen atoms in total. The van der Waals surface area contributed by atoms with E-state index in [9.17, 15) is 13.2 Å². The zero-order chi connectivity index (χ0) is 10.1. The van der Waals surface area contributed by atoms with Crippen molar-refractivity contribution in [1.82, 2.24) is 0 Å². The third kappa shape index (κ3) is 3.43. The van der Waals surface area contributed by atoms with Gasteiger partial charge in [0, 0.05) is 51.4 Å². The Balaban J connectivity index is 0.00000169. The van der Waals surface area contributed by atoms with Crippen molar-refractivity contribution < 1.29 is 22.9 Å². The van der Waals surface area contributed by atoms with Crippen LogP contribution in [0, 0.1) is 0 Å². The zero-order valence-electron chi connectivity index (χ0n) is 7.34. The molecule has 1 aromatic rings. The third-order valence-corrected chi connectivity index (χ3v) is 2.31. The van der Waals surface area contributed by atoms with Crippen LogP contribution < -0.4 is 0 Å². The Labute approximate surface area is 123 Å². The molecule has 2 N–H and O–H groups in total. The Morgan fingerprint density at radius 2 is 1.71 bits per heavy atom. The number of rotatable bonds is 2. The summed E-state index contributed by atoms with van der Waals surface area (Å²) in [5.41, 5.74) is -0.440. The summed E-state index contributed by atoms with van der Waals surface area (Å²) >= 11 is 0. The van der Waals surface area contributed by atoms with Gasteiger partial charge < -0.3 is 5.11 Å². The molecule has 7 heteroatoms. The number of hydrogen-bond donors (Lipinski definition) is 2. The van der Waals surface area contributed by atoms with Gasteiger partial charge in [-0.3, -0.25) is 4.55 Å². The van der Waals surface area contributed by atoms with Crippen molar-refractivity contribution in [1.29, 1.82) is 0 Å². The van der Waals surface area contributed by atoms with Crippen LogP contribution in [0.4, 0.5) is 0 Å². The van der Waals surface area contributed by atoms with Crippen LogP contribution in [-0.2, 0) is 10.1 Å². The van der Waals surface area contributed by atoms with E-state index in [4.69, 9.17) is 9.66 Å². The predicted molar refractivity (Wildman–Crippen MR) is 49.0 cm³/mol. The quantitative estimate of drug-likeness (QED) is 0.572. The second kappa shape index (κ2) is 5.36. The number of hydrogen-bond acceptors (Lipinski definition) is 3. The fourth-order valence-electron chi connectivity index (χ4n) is 0.868. The van der Waals surface area contributed by atoms with Crippen LogP contribution in [0.5, 0.6) is 0 Å². The number of aromatic carboxylic acids is 1. The standard InChI is InChI=1S/C7H6O5S.K/c8-7(9)5-3-1-2-4-6(5)13(10,11)12;/h1-4H,(H,8,9)(H,10,11,12);. The van der Waals surface area contributed by atoms with Gasteiger partial charge in [-0.25, -0.2) is 4.79 Å². The molecule has 71 valence electrons. The van der Waals surface area contributed by atoms with Gasteiger partial charge in [0.2, 0.25) is 0 Å². The fourth-order valence-corrected chi connectivity index (χ4v) is 1.55. The van der Waals surface area contributed by atoms with Crippen LogP contribution in [0.15, 0.2) is 29.2 Å². The van der Waals surface area contributed by atoms with Gasteiger partial charge in [0.05, 0.1) is 5.56 Å². The molecule has 0 atom stereocenters. The first-order valence-corrected chi connectivity index (χ1v) is 4.67. The minimum absolute atomic E-state index is 0. The van der Waals surface area contributed by atoms with Gasteiger partial charge in [0.15, 0.2) is 0 Å². The topological polar surface area (TPSA) is 91.7 Å². The van der Waals surface area contributed by atoms with Crippen LogP contribution in [0.1, 0.15) is 10.4 Å². The van der Waals surface area contributed by atoms with E-state index in [1.165, 1.54) is 12.1 Å². The Morgan fingerprint density at radius 1 is 1.21 bits per heavy atom. The van der Waals surface area contributed by atoms with Crippen LogP contribution in [0.3, 0.4) is 0 Å². The molecular formula is C7H6KO5S. The molecule has 1 radical (unpaired) electrons. The number of carboxylic acid groups (broad SMARTS) is 1. The Bertz CT molecular complexity index is 439. The maximum atomic E-state index is 10.7. The molecule has 0 amide bonds. The molecule has 0 unspecified atom stereocenters. The SMILES string of the molecule is O=C(O)c1ccccc1S(=O)(=O)O.[K]. The van der Waals surface area contributed by atoms with Crippen molar-refractivity contribution in [2.45, 2.75) is 4.90 Å². The largest absolute Gasteiger partial charge is 0.478 e. The van der Waals surface area contributed by atoms with E-state index in [-0.39, 0.29) is 51.4 Å². The zero-order valence-corrected chi connectivity index (χ0v) is 11.3. The molecule has 0 aromatic heterocycles. The minimum atomic E-state index is -4.46. The first-order chi connectivity index (χ1) is 5.93. The van der Waals surface area contributed by atoms with Crippen molar-refractivity contribution in [3.63, 3.8) is 0 Å². The Kier molecular flexibility index (Phi) is 5.45. The Morgan fingerprint density at radius 3 is 2.07 bits per heavy atom. The van der Waals surface area contributed by atoms with E-state index in [1.807, 2.05) is 0 Å². The van der Waals surface area contributed by atoms with Gasteiger partial charge in [0.1, 0.15) is 4.90 Å². The molecule has 0 saturated heterocycles. The van der Waals surface area contributed by atoms with Crippen LogP contribution in [0.2, 0.25) is 0 Å². The van der Waals surface area contributed by atoms with E-state index in [2.05, 4.69) is 0 Å². The van der Waals surface area contributed by atoms with Gasteiger partial charge >= 0.3 is 5.97 Å². The molecule has 1 aromatic carbocycles. The summed E-state index contributed by atoms with van der Waals surface area (Å²) in [6, 6.07) is 4.83. The number of carbonyl (C=O) groups is 1. The number of benzene rings is 1. The van der Waals surface area contributed by atoms with Crippen molar-refractivity contribution in [2.75, 3.05) is 0 Å². The monoisotopic (exact) mass is 241 g/mol. The fraction of sp³-hybridized carbons (Fsp3) is 0. The van der Waals surface area contributed by atoms with Crippen LogP contribution in [-0.4, -0.2) is 75.4 Å². The molecule has 0 aliphatic carbocycles. The molecule has 0 heterocycles. The second-order valence-electron chi connectivity index (χ2n) is 2.28. The molecule has 14 heavy (non-hydrogen) atoms. The summed E-state index contributed by atoms with van der Waals surface area (Å²) in [6.07, 6.45) is 0. The van der Waals surface area contributed by atoms with Gasteiger partial charge in [-0.05, 0) is 12.1 Å². The first-order valence-electron chi connectivity index (χ1n) is 3.23. The van der Waals surface area contributed by atoms with Crippen molar-refractivity contribution in [2.24, 2.45) is 0 Å². The van der Waals surface area contributed by atoms with Crippen LogP contribution in [0.25, 0.3) is 0 Å². The Hall–Kier alpha value is 0.236. The van der Waals surface area contributed by atoms with E-state index in [1.54, 1.807) is 0 Å². The molecular weight excluding hydrogens is 235 g/mol. The smallest absolute Gasteiger partial charge is 0.337 e. The summed E-state index contributed by atoms with van der Waals surface area (Å²) in [4.78, 5) is 9.90.